The van der Waals surface area contributed by atoms with Gasteiger partial charge in [0.05, 0.1) is 4.90 Å². The molecule has 1 N–H and O–H groups in total. The average molecular weight is 421 g/mol. The first-order chi connectivity index (χ1) is 14.5. The highest BCUT2D eigenvalue weighted by atomic mass is 32.2. The fourth-order valence-corrected chi connectivity index (χ4v) is 5.34. The Labute approximate surface area is 177 Å². The van der Waals surface area contributed by atoms with Crippen LogP contribution in [0.1, 0.15) is 23.6 Å². The molecule has 0 saturated carbocycles. The van der Waals surface area contributed by atoms with Crippen molar-refractivity contribution in [3.05, 3.63) is 95.6 Å². The molecule has 4 rings (SSSR count). The topological polar surface area (TPSA) is 66.5 Å². The van der Waals surface area contributed by atoms with Crippen molar-refractivity contribution in [3.63, 3.8) is 0 Å². The van der Waals surface area contributed by atoms with Crippen LogP contribution >= 0.6 is 0 Å². The van der Waals surface area contributed by atoms with Gasteiger partial charge in [0.2, 0.25) is 15.9 Å². The largest absolute Gasteiger partial charge is 0.325 e. The van der Waals surface area contributed by atoms with E-state index in [4.69, 9.17) is 0 Å². The molecule has 0 radical (unpaired) electrons. The lowest BCUT2D eigenvalue weighted by molar-refractivity contribution is -0.120. The molecule has 30 heavy (non-hydrogen) atoms. The summed E-state index contributed by atoms with van der Waals surface area (Å²) >= 11 is 0. The van der Waals surface area contributed by atoms with Crippen LogP contribution in [-0.2, 0) is 34.2 Å². The first kappa shape index (κ1) is 20.3. The second kappa shape index (κ2) is 8.42. The van der Waals surface area contributed by atoms with E-state index in [2.05, 4.69) is 12.2 Å². The highest BCUT2D eigenvalue weighted by molar-refractivity contribution is 7.89. The van der Waals surface area contributed by atoms with E-state index >= 15 is 0 Å². The van der Waals surface area contributed by atoms with Crippen LogP contribution in [0.15, 0.2) is 83.8 Å². The first-order valence-electron chi connectivity index (χ1n) is 10.0. The van der Waals surface area contributed by atoms with Gasteiger partial charge in [0.25, 0.3) is 0 Å². The number of benzene rings is 3. The number of nitrogens with zero attached hydrogens (tertiary/aromatic N) is 1. The SMILES string of the molecule is CCc1ccc(NC(=O)[C@H]2Cc3ccccc3CN2S(=O)(=O)c2ccccc2)cc1. The van der Waals surface area contributed by atoms with E-state index in [1.165, 1.54) is 9.87 Å². The molecule has 1 atom stereocenters. The third kappa shape index (κ3) is 4.01. The summed E-state index contributed by atoms with van der Waals surface area (Å²) in [6, 6.07) is 22.8. The zero-order valence-corrected chi connectivity index (χ0v) is 17.6. The van der Waals surface area contributed by atoms with E-state index in [1.807, 2.05) is 48.5 Å². The summed E-state index contributed by atoms with van der Waals surface area (Å²) in [5.41, 5.74) is 3.76. The van der Waals surface area contributed by atoms with Gasteiger partial charge in [-0.3, -0.25) is 4.79 Å². The maximum atomic E-state index is 13.4. The predicted molar refractivity (Wildman–Crippen MR) is 118 cm³/mol. The Kier molecular flexibility index (Phi) is 5.70. The normalized spacial score (nSPS) is 16.6. The number of sulfonamides is 1. The van der Waals surface area contributed by atoms with Gasteiger partial charge in [0, 0.05) is 12.2 Å². The quantitative estimate of drug-likeness (QED) is 0.678. The van der Waals surface area contributed by atoms with Crippen LogP contribution in [-0.4, -0.2) is 24.7 Å². The lowest BCUT2D eigenvalue weighted by Crippen LogP contribution is -2.50. The van der Waals surface area contributed by atoms with Crippen LogP contribution in [0.3, 0.4) is 0 Å². The molecule has 0 bridgehead atoms. The molecule has 0 fully saturated rings. The summed E-state index contributed by atoms with van der Waals surface area (Å²) in [6.45, 7) is 2.24. The van der Waals surface area contributed by atoms with Gasteiger partial charge in [-0.1, -0.05) is 61.5 Å². The molecule has 0 saturated heterocycles. The third-order valence-electron chi connectivity index (χ3n) is 5.49. The summed E-state index contributed by atoms with van der Waals surface area (Å²) < 4.78 is 28.1. The summed E-state index contributed by atoms with van der Waals surface area (Å²) in [4.78, 5) is 13.4. The molecule has 154 valence electrons. The van der Waals surface area contributed by atoms with Crippen LogP contribution in [0.4, 0.5) is 5.69 Å². The Balaban J connectivity index is 1.68. The van der Waals surface area contributed by atoms with E-state index in [-0.39, 0.29) is 17.3 Å². The van der Waals surface area contributed by atoms with Crippen molar-refractivity contribution in [2.24, 2.45) is 0 Å². The number of hydrogen-bond donors (Lipinski definition) is 1. The predicted octanol–water partition coefficient (Wildman–Crippen LogP) is 4.00. The summed E-state index contributed by atoms with van der Waals surface area (Å²) in [6.07, 6.45) is 1.25. The van der Waals surface area contributed by atoms with E-state index in [9.17, 15) is 13.2 Å². The number of amides is 1. The monoisotopic (exact) mass is 420 g/mol. The summed E-state index contributed by atoms with van der Waals surface area (Å²) in [5, 5.41) is 2.90. The van der Waals surface area contributed by atoms with Gasteiger partial charge >= 0.3 is 0 Å². The number of carbonyl (C=O) groups excluding carboxylic acids is 1. The van der Waals surface area contributed by atoms with Gasteiger partial charge in [0.1, 0.15) is 6.04 Å². The van der Waals surface area contributed by atoms with Crippen LogP contribution < -0.4 is 5.32 Å². The van der Waals surface area contributed by atoms with Crippen molar-refractivity contribution >= 4 is 21.6 Å². The van der Waals surface area contributed by atoms with E-state index < -0.39 is 16.1 Å². The minimum absolute atomic E-state index is 0.167. The lowest BCUT2D eigenvalue weighted by Gasteiger charge is -2.35. The van der Waals surface area contributed by atoms with E-state index in [1.54, 1.807) is 30.3 Å². The number of fused-ring (bicyclic) bond motifs is 1. The van der Waals surface area contributed by atoms with Gasteiger partial charge in [-0.15, -0.1) is 0 Å². The Morgan fingerprint density at radius 3 is 2.23 bits per heavy atom. The Morgan fingerprint density at radius 2 is 1.57 bits per heavy atom. The zero-order valence-electron chi connectivity index (χ0n) is 16.8. The van der Waals surface area contributed by atoms with Gasteiger partial charge in [-0.2, -0.15) is 4.31 Å². The number of aryl methyl sites for hydroxylation is 1. The zero-order chi connectivity index (χ0) is 21.1. The molecule has 1 aliphatic heterocycles. The maximum absolute atomic E-state index is 13.4. The van der Waals surface area contributed by atoms with Crippen molar-refractivity contribution in [1.82, 2.24) is 4.31 Å². The second-order valence-corrected chi connectivity index (χ2v) is 9.28. The van der Waals surface area contributed by atoms with E-state index in [0.29, 0.717) is 12.1 Å². The lowest BCUT2D eigenvalue weighted by atomic mass is 9.95. The molecular formula is C24H24N2O3S. The van der Waals surface area contributed by atoms with Crippen LogP contribution in [0.25, 0.3) is 0 Å². The molecule has 3 aromatic carbocycles. The smallest absolute Gasteiger partial charge is 0.244 e. The molecule has 1 heterocycles. The molecule has 0 unspecified atom stereocenters. The molecule has 6 heteroatoms. The molecule has 3 aromatic rings. The molecule has 0 aliphatic carbocycles. The van der Waals surface area contributed by atoms with Crippen molar-refractivity contribution in [2.75, 3.05) is 5.32 Å². The van der Waals surface area contributed by atoms with Gasteiger partial charge in [0.15, 0.2) is 0 Å². The summed E-state index contributed by atoms with van der Waals surface area (Å²) in [7, 11) is -3.83. The van der Waals surface area contributed by atoms with Gasteiger partial charge in [-0.25, -0.2) is 8.42 Å². The number of anilines is 1. The molecule has 0 spiro atoms. The first-order valence-corrected chi connectivity index (χ1v) is 11.5. The second-order valence-electron chi connectivity index (χ2n) is 7.39. The minimum Gasteiger partial charge on any atom is -0.325 e. The number of carbonyl (C=O) groups is 1. The molecular weight excluding hydrogens is 396 g/mol. The minimum atomic E-state index is -3.83. The average Bonchev–Trinajstić information content (AvgIpc) is 2.79. The fraction of sp³-hybridized carbons (Fsp3) is 0.208. The van der Waals surface area contributed by atoms with Crippen molar-refractivity contribution in [3.8, 4) is 0 Å². The van der Waals surface area contributed by atoms with Crippen molar-refractivity contribution in [2.45, 2.75) is 37.2 Å². The fourth-order valence-electron chi connectivity index (χ4n) is 3.75. The number of nitrogens with one attached hydrogen (secondary N) is 1. The highest BCUT2D eigenvalue weighted by Gasteiger charge is 2.39. The Morgan fingerprint density at radius 1 is 0.933 bits per heavy atom. The van der Waals surface area contributed by atoms with Crippen LogP contribution in [0.5, 0.6) is 0 Å². The molecule has 1 amide bonds. The highest BCUT2D eigenvalue weighted by Crippen LogP contribution is 2.29. The molecule has 5 nitrogen and oxygen atoms in total. The standard InChI is InChI=1S/C24H24N2O3S/c1-2-18-12-14-21(15-13-18)25-24(27)23-16-19-8-6-7-9-20(19)17-26(23)30(28,29)22-10-4-3-5-11-22/h3-15,23H,2,16-17H2,1H3,(H,25,27)/t23-/m1/s1. The van der Waals surface area contributed by atoms with Crippen LogP contribution in [0, 0.1) is 0 Å². The third-order valence-corrected chi connectivity index (χ3v) is 7.36. The Bertz CT molecular complexity index is 1140. The molecule has 1 aliphatic rings. The number of hydrogen-bond acceptors (Lipinski definition) is 3. The molecule has 0 aromatic heterocycles. The van der Waals surface area contributed by atoms with Crippen molar-refractivity contribution in [1.29, 1.82) is 0 Å². The Hall–Kier alpha value is -2.96. The maximum Gasteiger partial charge on any atom is 0.244 e. The van der Waals surface area contributed by atoms with Gasteiger partial charge in [-0.05, 0) is 53.8 Å². The van der Waals surface area contributed by atoms with E-state index in [0.717, 1.165) is 17.5 Å². The van der Waals surface area contributed by atoms with Gasteiger partial charge < -0.3 is 5.32 Å². The van der Waals surface area contributed by atoms with Crippen molar-refractivity contribution < 1.29 is 13.2 Å². The summed E-state index contributed by atoms with van der Waals surface area (Å²) in [5.74, 6) is -0.326. The number of rotatable bonds is 5. The van der Waals surface area contributed by atoms with Crippen LogP contribution in [0.2, 0.25) is 0 Å².